The molecule has 0 radical (unpaired) electrons. The second-order valence-electron chi connectivity index (χ2n) is 6.42. The molecule has 3 aliphatic rings. The minimum absolute atomic E-state index is 0.00901. The van der Waals surface area contributed by atoms with E-state index < -0.39 is 6.04 Å². The second-order valence-corrected chi connectivity index (χ2v) is 7.45. The zero-order chi connectivity index (χ0) is 18.3. The van der Waals surface area contributed by atoms with Crippen LogP contribution in [0.3, 0.4) is 0 Å². The lowest BCUT2D eigenvalue weighted by Gasteiger charge is -2.36. The average molecular weight is 376 g/mol. The van der Waals surface area contributed by atoms with Crippen molar-refractivity contribution < 1.29 is 19.1 Å². The van der Waals surface area contributed by atoms with Crippen molar-refractivity contribution in [1.82, 2.24) is 15.1 Å². The van der Waals surface area contributed by atoms with Crippen LogP contribution in [0.25, 0.3) is 0 Å². The number of rotatable bonds is 3. The minimum Gasteiger partial charge on any atom is -0.497 e. The molecule has 0 saturated carbocycles. The van der Waals surface area contributed by atoms with Gasteiger partial charge in [0.2, 0.25) is 5.91 Å². The summed E-state index contributed by atoms with van der Waals surface area (Å²) in [5, 5.41) is 3.16. The van der Waals surface area contributed by atoms with Crippen LogP contribution in [0.15, 0.2) is 24.3 Å². The highest BCUT2D eigenvalue weighted by molar-refractivity contribution is 7.99. The number of hydrogen-bond acceptors (Lipinski definition) is 6. The van der Waals surface area contributed by atoms with Crippen molar-refractivity contribution in [2.75, 3.05) is 43.3 Å². The Kier molecular flexibility index (Phi) is 4.49. The van der Waals surface area contributed by atoms with E-state index in [-0.39, 0.29) is 30.4 Å². The summed E-state index contributed by atoms with van der Waals surface area (Å²) in [6, 6.07) is 5.71. The summed E-state index contributed by atoms with van der Waals surface area (Å²) in [4.78, 5) is 42.7. The number of piperazine rings is 1. The fourth-order valence-electron chi connectivity index (χ4n) is 3.56. The second kappa shape index (κ2) is 6.81. The Morgan fingerprint density at radius 3 is 2.88 bits per heavy atom. The molecule has 1 aromatic rings. The minimum atomic E-state index is -0.625. The molecular weight excluding hydrogens is 356 g/mol. The number of benzene rings is 1. The molecule has 4 amide bonds. The summed E-state index contributed by atoms with van der Waals surface area (Å²) in [5.74, 6) is 1.80. The van der Waals surface area contributed by atoms with E-state index in [2.05, 4.69) is 5.32 Å². The van der Waals surface area contributed by atoms with Crippen molar-refractivity contribution in [2.45, 2.75) is 12.1 Å². The number of nitrogens with zero attached hydrogens (tertiary/aromatic N) is 3. The summed E-state index contributed by atoms with van der Waals surface area (Å²) < 4.78 is 5.18. The number of ether oxygens (including phenoxy) is 1. The van der Waals surface area contributed by atoms with Gasteiger partial charge in [0, 0.05) is 30.8 Å². The molecule has 9 heteroatoms. The van der Waals surface area contributed by atoms with Gasteiger partial charge in [0.05, 0.1) is 25.4 Å². The van der Waals surface area contributed by atoms with E-state index in [0.29, 0.717) is 24.5 Å². The first-order valence-electron chi connectivity index (χ1n) is 8.48. The van der Waals surface area contributed by atoms with Gasteiger partial charge in [-0.2, -0.15) is 0 Å². The maximum atomic E-state index is 12.9. The van der Waals surface area contributed by atoms with Crippen LogP contribution >= 0.6 is 11.8 Å². The molecule has 3 heterocycles. The normalized spacial score (nSPS) is 25.7. The van der Waals surface area contributed by atoms with Crippen LogP contribution in [0.2, 0.25) is 0 Å². The summed E-state index contributed by atoms with van der Waals surface area (Å²) in [5.41, 5.74) is 0.487. The Hall–Kier alpha value is -2.26. The van der Waals surface area contributed by atoms with Gasteiger partial charge in [0.1, 0.15) is 11.8 Å². The third-order valence-corrected chi connectivity index (χ3v) is 5.90. The van der Waals surface area contributed by atoms with Crippen LogP contribution in [-0.2, 0) is 9.59 Å². The standard InChI is InChI=1S/C17H20N4O4S/c1-25-12-4-2-3-11(7-12)21-16(23)14-8-19(5-6-20(14)17(21)24)15(22)13-9-26-10-18-13/h2-4,7,13-14,18H,5-6,8-10H2,1H3. The Morgan fingerprint density at radius 2 is 2.15 bits per heavy atom. The number of amides is 4. The summed E-state index contributed by atoms with van der Waals surface area (Å²) in [7, 11) is 1.54. The molecule has 3 aliphatic heterocycles. The molecule has 138 valence electrons. The number of fused-ring (bicyclic) bond motifs is 1. The molecule has 0 aromatic heterocycles. The zero-order valence-corrected chi connectivity index (χ0v) is 15.2. The maximum Gasteiger partial charge on any atom is 0.332 e. The lowest BCUT2D eigenvalue weighted by molar-refractivity contribution is -0.136. The Morgan fingerprint density at radius 1 is 1.31 bits per heavy atom. The molecule has 1 aromatic carbocycles. The molecule has 3 fully saturated rings. The number of methoxy groups -OCH3 is 1. The van der Waals surface area contributed by atoms with Crippen LogP contribution in [0.4, 0.5) is 10.5 Å². The molecule has 2 atom stereocenters. The van der Waals surface area contributed by atoms with Gasteiger partial charge in [-0.15, -0.1) is 11.8 Å². The summed E-state index contributed by atoms with van der Waals surface area (Å²) in [6.45, 7) is 1.05. The largest absolute Gasteiger partial charge is 0.497 e. The van der Waals surface area contributed by atoms with Crippen molar-refractivity contribution in [3.8, 4) is 5.75 Å². The third kappa shape index (κ3) is 2.80. The molecule has 0 spiro atoms. The number of imide groups is 1. The number of carbonyl (C=O) groups excluding carboxylic acids is 3. The lowest BCUT2D eigenvalue weighted by Crippen LogP contribution is -2.57. The van der Waals surface area contributed by atoms with Gasteiger partial charge in [0.25, 0.3) is 5.91 Å². The van der Waals surface area contributed by atoms with E-state index in [9.17, 15) is 14.4 Å². The fraction of sp³-hybridized carbons (Fsp3) is 0.471. The van der Waals surface area contributed by atoms with Gasteiger partial charge in [-0.1, -0.05) is 6.07 Å². The van der Waals surface area contributed by atoms with Gasteiger partial charge < -0.3 is 14.5 Å². The Bertz CT molecular complexity index is 752. The third-order valence-electron chi connectivity index (χ3n) is 4.96. The van der Waals surface area contributed by atoms with Crippen LogP contribution < -0.4 is 15.0 Å². The number of urea groups is 1. The highest BCUT2D eigenvalue weighted by Crippen LogP contribution is 2.30. The first-order chi connectivity index (χ1) is 12.6. The zero-order valence-electron chi connectivity index (χ0n) is 14.4. The Balaban J connectivity index is 1.53. The van der Waals surface area contributed by atoms with Crippen LogP contribution in [-0.4, -0.2) is 78.1 Å². The summed E-state index contributed by atoms with van der Waals surface area (Å²) in [6.07, 6.45) is 0. The predicted octanol–water partition coefficient (Wildman–Crippen LogP) is 0.337. The van der Waals surface area contributed by atoms with Crippen molar-refractivity contribution in [1.29, 1.82) is 0 Å². The molecule has 0 aliphatic carbocycles. The smallest absolute Gasteiger partial charge is 0.332 e. The molecule has 0 bridgehead atoms. The van der Waals surface area contributed by atoms with E-state index in [1.807, 2.05) is 0 Å². The van der Waals surface area contributed by atoms with E-state index in [0.717, 1.165) is 11.6 Å². The van der Waals surface area contributed by atoms with E-state index in [1.165, 1.54) is 12.0 Å². The fourth-order valence-corrected chi connectivity index (χ4v) is 4.49. The number of carbonyl (C=O) groups is 3. The number of nitrogens with one attached hydrogen (secondary N) is 1. The molecule has 1 N–H and O–H groups in total. The number of anilines is 1. The van der Waals surface area contributed by atoms with Crippen molar-refractivity contribution >= 4 is 35.3 Å². The molecule has 3 saturated heterocycles. The summed E-state index contributed by atoms with van der Waals surface area (Å²) >= 11 is 1.69. The van der Waals surface area contributed by atoms with E-state index >= 15 is 0 Å². The molecule has 26 heavy (non-hydrogen) atoms. The van der Waals surface area contributed by atoms with Crippen LogP contribution in [0, 0.1) is 0 Å². The average Bonchev–Trinajstić information content (AvgIpc) is 3.29. The monoisotopic (exact) mass is 376 g/mol. The topological polar surface area (TPSA) is 82.2 Å². The molecular formula is C17H20N4O4S. The van der Waals surface area contributed by atoms with Gasteiger partial charge in [-0.3, -0.25) is 14.9 Å². The van der Waals surface area contributed by atoms with E-state index in [1.54, 1.807) is 45.8 Å². The highest BCUT2D eigenvalue weighted by atomic mass is 32.2. The highest BCUT2D eigenvalue weighted by Gasteiger charge is 2.49. The van der Waals surface area contributed by atoms with Crippen molar-refractivity contribution in [3.05, 3.63) is 24.3 Å². The van der Waals surface area contributed by atoms with Gasteiger partial charge in [-0.25, -0.2) is 9.69 Å². The number of thioether (sulfide) groups is 1. The van der Waals surface area contributed by atoms with Crippen molar-refractivity contribution in [3.63, 3.8) is 0 Å². The maximum absolute atomic E-state index is 12.9. The van der Waals surface area contributed by atoms with Gasteiger partial charge in [-0.05, 0) is 12.1 Å². The lowest BCUT2D eigenvalue weighted by atomic mass is 10.1. The van der Waals surface area contributed by atoms with E-state index in [4.69, 9.17) is 4.74 Å². The SMILES string of the molecule is COc1cccc(N2C(=O)C3CN(C(=O)C4CSCN4)CCN3C2=O)c1. The Labute approximate surface area is 155 Å². The molecule has 4 rings (SSSR count). The van der Waals surface area contributed by atoms with Gasteiger partial charge in [0.15, 0.2) is 0 Å². The quantitative estimate of drug-likeness (QED) is 0.766. The molecule has 2 unspecified atom stereocenters. The van der Waals surface area contributed by atoms with Crippen LogP contribution in [0.1, 0.15) is 0 Å². The van der Waals surface area contributed by atoms with Crippen molar-refractivity contribution in [2.24, 2.45) is 0 Å². The number of hydrogen-bond donors (Lipinski definition) is 1. The van der Waals surface area contributed by atoms with Gasteiger partial charge >= 0.3 is 6.03 Å². The predicted molar refractivity (Wildman–Crippen MR) is 97.2 cm³/mol. The first-order valence-corrected chi connectivity index (χ1v) is 9.64. The molecule has 8 nitrogen and oxygen atoms in total. The first kappa shape index (κ1) is 17.2. The van der Waals surface area contributed by atoms with Crippen LogP contribution in [0.5, 0.6) is 5.75 Å².